The van der Waals surface area contributed by atoms with Gasteiger partial charge >= 0.3 is 5.51 Å². The van der Waals surface area contributed by atoms with E-state index in [4.69, 9.17) is 0 Å². The topological polar surface area (TPSA) is 46.2 Å². The standard InChI is InChI=1S/C10H10F3NO2S2.C2H6/c1-7(2)8-3-5-9(6-4-8)18(15,16)14-17-10(11,12)13;1-2/h3-6,14H,1H2,2H3;1-2H3. The maximum absolute atomic E-state index is 11.9. The third kappa shape index (κ3) is 6.44. The Hall–Kier alpha value is -0.990. The van der Waals surface area contributed by atoms with Crippen molar-refractivity contribution in [1.29, 1.82) is 0 Å². The molecule has 0 saturated carbocycles. The molecule has 0 heterocycles. The van der Waals surface area contributed by atoms with Gasteiger partial charge in [0.2, 0.25) is 10.0 Å². The van der Waals surface area contributed by atoms with E-state index < -0.39 is 27.5 Å². The second kappa shape index (κ2) is 7.70. The Morgan fingerprint density at radius 1 is 1.20 bits per heavy atom. The monoisotopic (exact) mass is 327 g/mol. The van der Waals surface area contributed by atoms with Crippen LogP contribution in [0.15, 0.2) is 35.7 Å². The van der Waals surface area contributed by atoms with E-state index in [9.17, 15) is 21.6 Å². The first-order valence-electron chi connectivity index (χ1n) is 5.64. The lowest BCUT2D eigenvalue weighted by molar-refractivity contribution is -0.0331. The van der Waals surface area contributed by atoms with Crippen LogP contribution in [-0.2, 0) is 10.0 Å². The van der Waals surface area contributed by atoms with E-state index in [1.165, 1.54) is 28.4 Å². The van der Waals surface area contributed by atoms with Gasteiger partial charge in [0.25, 0.3) is 0 Å². The Kier molecular flexibility index (Phi) is 7.32. The van der Waals surface area contributed by atoms with Crippen LogP contribution in [0.5, 0.6) is 0 Å². The normalized spacial score (nSPS) is 11.5. The lowest BCUT2D eigenvalue weighted by Gasteiger charge is -2.08. The average molecular weight is 327 g/mol. The number of sulfonamides is 1. The molecule has 0 atom stereocenters. The van der Waals surface area contributed by atoms with Crippen LogP contribution in [0.2, 0.25) is 0 Å². The number of nitrogens with one attached hydrogen (secondary N) is 1. The van der Waals surface area contributed by atoms with E-state index in [2.05, 4.69) is 6.58 Å². The fourth-order valence-electron chi connectivity index (χ4n) is 1.07. The molecule has 0 amide bonds. The van der Waals surface area contributed by atoms with Gasteiger partial charge in [0.05, 0.1) is 4.90 Å². The Balaban J connectivity index is 0.00000172. The summed E-state index contributed by atoms with van der Waals surface area (Å²) in [5.41, 5.74) is -3.21. The maximum atomic E-state index is 11.9. The van der Waals surface area contributed by atoms with E-state index in [-0.39, 0.29) is 4.90 Å². The first-order valence-corrected chi connectivity index (χ1v) is 7.94. The van der Waals surface area contributed by atoms with Crippen molar-refractivity contribution >= 4 is 27.5 Å². The molecule has 1 aromatic rings. The number of halogens is 3. The summed E-state index contributed by atoms with van der Waals surface area (Å²) in [5, 5.41) is 0. The van der Waals surface area contributed by atoms with Crippen LogP contribution in [0, 0.1) is 0 Å². The molecule has 1 N–H and O–H groups in total. The van der Waals surface area contributed by atoms with Gasteiger partial charge in [0.15, 0.2) is 0 Å². The molecule has 0 aliphatic carbocycles. The Labute approximate surface area is 121 Å². The zero-order chi connectivity index (χ0) is 16.0. The fraction of sp³-hybridized carbons (Fsp3) is 0.333. The van der Waals surface area contributed by atoms with Crippen LogP contribution in [0.3, 0.4) is 0 Å². The van der Waals surface area contributed by atoms with E-state index in [0.29, 0.717) is 0 Å². The first-order chi connectivity index (χ1) is 9.12. The van der Waals surface area contributed by atoms with Gasteiger partial charge in [-0.3, -0.25) is 0 Å². The summed E-state index contributed by atoms with van der Waals surface area (Å²) in [4.78, 5) is -0.232. The number of rotatable bonds is 4. The predicted octanol–water partition coefficient (Wildman–Crippen LogP) is 4.19. The van der Waals surface area contributed by atoms with Gasteiger partial charge in [-0.1, -0.05) is 38.1 Å². The van der Waals surface area contributed by atoms with Crippen molar-refractivity contribution in [2.75, 3.05) is 0 Å². The molecule has 0 fully saturated rings. The highest BCUT2D eigenvalue weighted by Gasteiger charge is 2.31. The van der Waals surface area contributed by atoms with Gasteiger partial charge in [0.1, 0.15) is 0 Å². The zero-order valence-corrected chi connectivity index (χ0v) is 12.9. The summed E-state index contributed by atoms with van der Waals surface area (Å²) in [6.07, 6.45) is 0. The van der Waals surface area contributed by atoms with Crippen molar-refractivity contribution in [2.24, 2.45) is 0 Å². The summed E-state index contributed by atoms with van der Waals surface area (Å²) in [6, 6.07) is 5.41. The zero-order valence-electron chi connectivity index (χ0n) is 11.3. The summed E-state index contributed by atoms with van der Waals surface area (Å²) >= 11 is -0.810. The van der Waals surface area contributed by atoms with E-state index in [0.717, 1.165) is 11.1 Å². The average Bonchev–Trinajstić information content (AvgIpc) is 2.38. The number of hydrogen-bond donors (Lipinski definition) is 1. The van der Waals surface area contributed by atoms with Crippen molar-refractivity contribution in [2.45, 2.75) is 31.2 Å². The SMILES string of the molecule is C=C(C)c1ccc(S(=O)(=O)NSC(F)(F)F)cc1.CC. The molecule has 20 heavy (non-hydrogen) atoms. The van der Waals surface area contributed by atoms with Gasteiger partial charge in [-0.05, 0) is 24.6 Å². The van der Waals surface area contributed by atoms with Crippen molar-refractivity contribution in [3.8, 4) is 0 Å². The lowest BCUT2D eigenvalue weighted by atomic mass is 10.1. The second-order valence-corrected chi connectivity index (χ2v) is 6.25. The molecule has 3 nitrogen and oxygen atoms in total. The van der Waals surface area contributed by atoms with Crippen LogP contribution in [-0.4, -0.2) is 13.9 Å². The summed E-state index contributed by atoms with van der Waals surface area (Å²) in [7, 11) is -4.17. The molecule has 0 unspecified atom stereocenters. The highest BCUT2D eigenvalue weighted by atomic mass is 32.3. The molecule has 1 rings (SSSR count). The summed E-state index contributed by atoms with van der Waals surface area (Å²) in [6.45, 7) is 9.41. The predicted molar refractivity (Wildman–Crippen MR) is 76.5 cm³/mol. The van der Waals surface area contributed by atoms with E-state index >= 15 is 0 Å². The number of hydrogen-bond acceptors (Lipinski definition) is 3. The van der Waals surface area contributed by atoms with Crippen molar-refractivity contribution in [3.05, 3.63) is 36.4 Å². The van der Waals surface area contributed by atoms with Crippen molar-refractivity contribution in [3.63, 3.8) is 0 Å². The van der Waals surface area contributed by atoms with Gasteiger partial charge in [-0.15, -0.1) is 4.13 Å². The first kappa shape index (κ1) is 19.0. The summed E-state index contributed by atoms with van der Waals surface area (Å²) < 4.78 is 60.1. The van der Waals surface area contributed by atoms with Crippen LogP contribution in [0.25, 0.3) is 5.57 Å². The Morgan fingerprint density at radius 2 is 1.65 bits per heavy atom. The Morgan fingerprint density at radius 3 is 2.00 bits per heavy atom. The smallest absolute Gasteiger partial charge is 0.206 e. The molecule has 0 bridgehead atoms. The molecule has 0 aliphatic heterocycles. The largest absolute Gasteiger partial charge is 0.457 e. The minimum absolute atomic E-state index is 0.232. The number of benzene rings is 1. The molecular weight excluding hydrogens is 311 g/mol. The molecule has 0 saturated heterocycles. The fourth-order valence-corrected chi connectivity index (χ4v) is 2.76. The molecular formula is C12H16F3NO2S2. The second-order valence-electron chi connectivity index (χ2n) is 3.44. The van der Waals surface area contributed by atoms with Gasteiger partial charge in [-0.2, -0.15) is 13.2 Å². The van der Waals surface area contributed by atoms with Gasteiger partial charge < -0.3 is 0 Å². The number of allylic oxidation sites excluding steroid dienone is 1. The number of alkyl halides is 3. The van der Waals surface area contributed by atoms with Gasteiger partial charge in [-0.25, -0.2) is 8.42 Å². The lowest BCUT2D eigenvalue weighted by Crippen LogP contribution is -2.21. The van der Waals surface area contributed by atoms with Crippen LogP contribution in [0.1, 0.15) is 26.3 Å². The van der Waals surface area contributed by atoms with Crippen LogP contribution >= 0.6 is 11.9 Å². The maximum Gasteiger partial charge on any atom is 0.457 e. The molecule has 8 heteroatoms. The molecule has 0 aromatic heterocycles. The van der Waals surface area contributed by atoms with Gasteiger partial charge in [0, 0.05) is 11.9 Å². The Bertz CT molecular complexity index is 537. The highest BCUT2D eigenvalue weighted by molar-refractivity contribution is 8.09. The molecule has 0 radical (unpaired) electrons. The molecule has 0 aliphatic rings. The molecule has 114 valence electrons. The highest BCUT2D eigenvalue weighted by Crippen LogP contribution is 2.29. The molecule has 1 aromatic carbocycles. The van der Waals surface area contributed by atoms with Crippen molar-refractivity contribution < 1.29 is 21.6 Å². The van der Waals surface area contributed by atoms with E-state index in [1.54, 1.807) is 6.92 Å². The minimum atomic E-state index is -4.66. The summed E-state index contributed by atoms with van der Waals surface area (Å²) in [5.74, 6) is 0. The van der Waals surface area contributed by atoms with Crippen LogP contribution in [0.4, 0.5) is 13.2 Å². The third-order valence-electron chi connectivity index (χ3n) is 1.92. The van der Waals surface area contributed by atoms with Crippen molar-refractivity contribution in [1.82, 2.24) is 4.13 Å². The quantitative estimate of drug-likeness (QED) is 0.843. The van der Waals surface area contributed by atoms with Crippen LogP contribution < -0.4 is 4.13 Å². The minimum Gasteiger partial charge on any atom is -0.206 e. The third-order valence-corrected chi connectivity index (χ3v) is 4.26. The van der Waals surface area contributed by atoms with E-state index in [1.807, 2.05) is 13.8 Å². The molecule has 0 spiro atoms.